The summed E-state index contributed by atoms with van der Waals surface area (Å²) in [5, 5.41) is 3.67. The van der Waals surface area contributed by atoms with Crippen LogP contribution in [0.2, 0.25) is 0 Å². The van der Waals surface area contributed by atoms with Gasteiger partial charge in [0, 0.05) is 23.3 Å². The van der Waals surface area contributed by atoms with E-state index in [1.54, 1.807) is 0 Å². The van der Waals surface area contributed by atoms with Gasteiger partial charge in [0.2, 0.25) is 0 Å². The van der Waals surface area contributed by atoms with Crippen LogP contribution in [-0.2, 0) is 4.74 Å². The second-order valence-electron chi connectivity index (χ2n) is 11.2. The lowest BCUT2D eigenvalue weighted by Gasteiger charge is -2.21. The number of aromatic nitrogens is 1. The van der Waals surface area contributed by atoms with Crippen molar-refractivity contribution in [3.8, 4) is 0 Å². The molecule has 7 heteroatoms. The zero-order valence-corrected chi connectivity index (χ0v) is 24.8. The van der Waals surface area contributed by atoms with E-state index in [2.05, 4.69) is 23.7 Å². The van der Waals surface area contributed by atoms with Crippen LogP contribution in [0.15, 0.2) is 55.1 Å². The SMILES string of the molecule is C=C(/C=C\C=C/C)n1c(C)c(C(N)=O)c2ccccc21.CC1CCCN(CCCNC(=O)OC(C)(C)C)CC1. The van der Waals surface area contributed by atoms with E-state index in [0.717, 1.165) is 41.2 Å². The van der Waals surface area contributed by atoms with Gasteiger partial charge in [-0.15, -0.1) is 0 Å². The third-order valence-electron chi connectivity index (χ3n) is 6.67. The van der Waals surface area contributed by atoms with E-state index >= 15 is 0 Å². The number of likely N-dealkylation sites (tertiary alicyclic amines) is 1. The van der Waals surface area contributed by atoms with Crippen molar-refractivity contribution in [1.29, 1.82) is 0 Å². The Bertz CT molecular complexity index is 1170. The number of ether oxygens (including phenoxy) is 1. The van der Waals surface area contributed by atoms with Gasteiger partial charge in [-0.1, -0.05) is 49.9 Å². The molecule has 1 saturated heterocycles. The lowest BCUT2D eigenvalue weighted by Crippen LogP contribution is -2.34. The van der Waals surface area contributed by atoms with Gasteiger partial charge in [-0.05, 0) is 98.0 Å². The first-order chi connectivity index (χ1) is 18.4. The first-order valence-corrected chi connectivity index (χ1v) is 14.0. The normalized spacial score (nSPS) is 16.6. The number of nitrogens with one attached hydrogen (secondary N) is 1. The number of carbonyl (C=O) groups excluding carboxylic acids is 2. The fourth-order valence-corrected chi connectivity index (χ4v) is 4.75. The van der Waals surface area contributed by atoms with E-state index in [4.69, 9.17) is 10.5 Å². The predicted octanol–water partition coefficient (Wildman–Crippen LogP) is 6.67. The van der Waals surface area contributed by atoms with Crippen molar-refractivity contribution in [3.63, 3.8) is 0 Å². The molecule has 1 fully saturated rings. The maximum atomic E-state index is 11.7. The zero-order valence-electron chi connectivity index (χ0n) is 24.8. The van der Waals surface area contributed by atoms with Crippen LogP contribution >= 0.6 is 0 Å². The molecule has 7 nitrogen and oxygen atoms in total. The summed E-state index contributed by atoms with van der Waals surface area (Å²) in [6.45, 7) is 20.1. The molecule has 1 aliphatic heterocycles. The van der Waals surface area contributed by atoms with Crippen LogP contribution in [0.5, 0.6) is 0 Å². The number of hydrogen-bond donors (Lipinski definition) is 2. The monoisotopic (exact) mass is 536 g/mol. The number of rotatable bonds is 8. The van der Waals surface area contributed by atoms with Gasteiger partial charge in [-0.3, -0.25) is 4.79 Å². The fourth-order valence-electron chi connectivity index (χ4n) is 4.75. The third-order valence-corrected chi connectivity index (χ3v) is 6.67. The van der Waals surface area contributed by atoms with Crippen molar-refractivity contribution in [1.82, 2.24) is 14.8 Å². The van der Waals surface area contributed by atoms with Gasteiger partial charge in [0.1, 0.15) is 5.60 Å². The van der Waals surface area contributed by atoms with E-state index in [0.29, 0.717) is 12.1 Å². The Balaban J connectivity index is 0.000000274. The lowest BCUT2D eigenvalue weighted by atomic mass is 10.0. The Kier molecular flexibility index (Phi) is 12.5. The van der Waals surface area contributed by atoms with Crippen LogP contribution in [0.3, 0.4) is 0 Å². The number of amides is 2. The van der Waals surface area contributed by atoms with Gasteiger partial charge < -0.3 is 25.3 Å². The average Bonchev–Trinajstić information content (AvgIpc) is 2.99. The van der Waals surface area contributed by atoms with Gasteiger partial charge in [0.25, 0.3) is 5.91 Å². The molecule has 0 aliphatic carbocycles. The number of hydrogen-bond acceptors (Lipinski definition) is 4. The number of nitrogens with two attached hydrogens (primary N) is 1. The Morgan fingerprint density at radius 2 is 1.90 bits per heavy atom. The number of allylic oxidation sites excluding steroid dienone is 5. The summed E-state index contributed by atoms with van der Waals surface area (Å²) in [4.78, 5) is 25.7. The highest BCUT2D eigenvalue weighted by molar-refractivity contribution is 6.08. The Morgan fingerprint density at radius 1 is 1.18 bits per heavy atom. The number of carbonyl (C=O) groups is 2. The van der Waals surface area contributed by atoms with Gasteiger partial charge >= 0.3 is 6.09 Å². The molecule has 1 atom stereocenters. The highest BCUT2D eigenvalue weighted by Gasteiger charge is 2.18. The summed E-state index contributed by atoms with van der Waals surface area (Å²) >= 11 is 0. The van der Waals surface area contributed by atoms with Crippen LogP contribution in [0, 0.1) is 12.8 Å². The summed E-state index contributed by atoms with van der Waals surface area (Å²) in [5.74, 6) is 0.451. The van der Waals surface area contributed by atoms with Crippen LogP contribution in [-0.4, -0.2) is 53.2 Å². The van der Waals surface area contributed by atoms with Gasteiger partial charge in [-0.25, -0.2) is 4.79 Å². The number of benzene rings is 1. The van der Waals surface area contributed by atoms with Crippen molar-refractivity contribution < 1.29 is 14.3 Å². The summed E-state index contributed by atoms with van der Waals surface area (Å²) in [6.07, 6.45) is 12.3. The Labute approximate surface area is 234 Å². The second kappa shape index (κ2) is 15.3. The Morgan fingerprint density at radius 3 is 2.56 bits per heavy atom. The Hall–Kier alpha value is -3.32. The quantitative estimate of drug-likeness (QED) is 0.291. The van der Waals surface area contributed by atoms with Crippen molar-refractivity contribution in [2.24, 2.45) is 11.7 Å². The molecule has 1 aliphatic rings. The van der Waals surface area contributed by atoms with Crippen LogP contribution in [0.1, 0.15) is 76.4 Å². The van der Waals surface area contributed by atoms with Crippen molar-refractivity contribution in [2.45, 2.75) is 72.8 Å². The average molecular weight is 537 g/mol. The molecule has 1 unspecified atom stereocenters. The second-order valence-corrected chi connectivity index (χ2v) is 11.2. The number of alkyl carbamates (subject to hydrolysis) is 1. The molecular formula is C32H48N4O3. The summed E-state index contributed by atoms with van der Waals surface area (Å²) in [5.41, 5.74) is 8.20. The molecule has 39 heavy (non-hydrogen) atoms. The topological polar surface area (TPSA) is 89.6 Å². The highest BCUT2D eigenvalue weighted by Crippen LogP contribution is 2.28. The number of para-hydroxylation sites is 1. The molecule has 2 aromatic rings. The van der Waals surface area contributed by atoms with Crippen LogP contribution < -0.4 is 11.1 Å². The largest absolute Gasteiger partial charge is 0.444 e. The van der Waals surface area contributed by atoms with E-state index in [1.807, 2.05) is 87.8 Å². The molecule has 2 heterocycles. The molecule has 0 saturated carbocycles. The molecule has 1 aromatic carbocycles. The van der Waals surface area contributed by atoms with Gasteiger partial charge in [0.15, 0.2) is 0 Å². The zero-order chi connectivity index (χ0) is 29.0. The van der Waals surface area contributed by atoms with Gasteiger partial charge in [0.05, 0.1) is 11.1 Å². The fraction of sp³-hybridized carbons (Fsp3) is 0.500. The standard InChI is InChI=1S/C17H18N2O.C15H30N2O2/c1-4-5-6-9-12(2)19-13(3)16(17(18)20)14-10-7-8-11-15(14)19;1-13-7-5-10-17(12-8-13)11-6-9-16-14(18)19-15(2,3)4/h4-11H,2H2,1,3H3,(H2,18,20);13H,5-12H2,1-4H3,(H,16,18)/b5-4-,9-6-;. The number of primary amides is 1. The molecular weight excluding hydrogens is 488 g/mol. The summed E-state index contributed by atoms with van der Waals surface area (Å²) < 4.78 is 7.15. The molecule has 0 radical (unpaired) electrons. The third kappa shape index (κ3) is 10.4. The first-order valence-electron chi connectivity index (χ1n) is 14.0. The van der Waals surface area contributed by atoms with E-state index < -0.39 is 11.5 Å². The molecule has 214 valence electrons. The minimum Gasteiger partial charge on any atom is -0.444 e. The van der Waals surface area contributed by atoms with E-state index in [-0.39, 0.29) is 6.09 Å². The number of nitrogens with zero attached hydrogens (tertiary/aromatic N) is 2. The molecule has 3 rings (SSSR count). The first kappa shape index (κ1) is 31.9. The van der Waals surface area contributed by atoms with E-state index in [9.17, 15) is 9.59 Å². The predicted molar refractivity (Wildman–Crippen MR) is 163 cm³/mol. The molecule has 3 N–H and O–H groups in total. The highest BCUT2D eigenvalue weighted by atomic mass is 16.6. The minimum atomic E-state index is -0.414. The molecule has 0 spiro atoms. The molecule has 1 aromatic heterocycles. The number of fused-ring (bicyclic) bond motifs is 1. The van der Waals surface area contributed by atoms with Crippen molar-refractivity contribution in [2.75, 3.05) is 26.2 Å². The lowest BCUT2D eigenvalue weighted by molar-refractivity contribution is 0.0525. The van der Waals surface area contributed by atoms with Crippen LogP contribution in [0.4, 0.5) is 4.79 Å². The van der Waals surface area contributed by atoms with Crippen molar-refractivity contribution in [3.05, 3.63) is 66.4 Å². The maximum absolute atomic E-state index is 11.7. The summed E-state index contributed by atoms with van der Waals surface area (Å²) in [7, 11) is 0. The molecule has 2 amide bonds. The minimum absolute atomic E-state index is 0.308. The molecule has 0 bridgehead atoms. The van der Waals surface area contributed by atoms with Crippen molar-refractivity contribution >= 4 is 28.6 Å². The van der Waals surface area contributed by atoms with E-state index in [1.165, 1.54) is 32.4 Å². The van der Waals surface area contributed by atoms with Gasteiger partial charge in [-0.2, -0.15) is 0 Å². The smallest absolute Gasteiger partial charge is 0.407 e. The maximum Gasteiger partial charge on any atom is 0.407 e. The van der Waals surface area contributed by atoms with Crippen LogP contribution in [0.25, 0.3) is 16.6 Å². The summed E-state index contributed by atoms with van der Waals surface area (Å²) in [6, 6.07) is 7.70.